The normalized spacial score (nSPS) is 16.8. The van der Waals surface area contributed by atoms with Crippen LogP contribution in [0.1, 0.15) is 34.6 Å². The number of hydrogen-bond donors (Lipinski definition) is 1. The van der Waals surface area contributed by atoms with E-state index < -0.39 is 11.4 Å². The maximum Gasteiger partial charge on any atom is 0.314 e. The second-order valence-electron chi connectivity index (χ2n) is 6.34. The molecule has 1 aliphatic heterocycles. The van der Waals surface area contributed by atoms with Crippen LogP contribution in [-0.4, -0.2) is 44.8 Å². The van der Waals surface area contributed by atoms with Crippen molar-refractivity contribution in [1.82, 2.24) is 14.7 Å². The third kappa shape index (κ3) is 2.68. The molecule has 0 radical (unpaired) electrons. The lowest BCUT2D eigenvalue weighted by Crippen LogP contribution is -2.49. The largest absolute Gasteiger partial charge is 0.481 e. The predicted octanol–water partition coefficient (Wildman–Crippen LogP) is 1.99. The third-order valence-electron chi connectivity index (χ3n) is 4.97. The van der Waals surface area contributed by atoms with E-state index in [-0.39, 0.29) is 5.91 Å². The van der Waals surface area contributed by atoms with Crippen LogP contribution in [0.4, 0.5) is 0 Å². The Balaban J connectivity index is 1.79. The van der Waals surface area contributed by atoms with Crippen LogP contribution in [0, 0.1) is 6.92 Å². The van der Waals surface area contributed by atoms with E-state index in [4.69, 9.17) is 0 Å². The number of nitrogens with zero attached hydrogens (tertiary/aromatic N) is 3. The number of carbonyl (C=O) groups is 2. The molecule has 0 bridgehead atoms. The Labute approximate surface area is 140 Å². The zero-order valence-electron chi connectivity index (χ0n) is 13.9. The first kappa shape index (κ1) is 16.2. The number of hydrogen-bond acceptors (Lipinski definition) is 3. The van der Waals surface area contributed by atoms with E-state index in [9.17, 15) is 14.7 Å². The molecule has 126 valence electrons. The second kappa shape index (κ2) is 6.11. The van der Waals surface area contributed by atoms with Crippen LogP contribution in [0.3, 0.4) is 0 Å². The van der Waals surface area contributed by atoms with Crippen molar-refractivity contribution >= 4 is 11.9 Å². The quantitative estimate of drug-likeness (QED) is 0.935. The van der Waals surface area contributed by atoms with Crippen LogP contribution < -0.4 is 0 Å². The first-order chi connectivity index (χ1) is 11.4. The van der Waals surface area contributed by atoms with E-state index in [1.54, 1.807) is 22.7 Å². The molecule has 2 heterocycles. The number of carbonyl (C=O) groups excluding carboxylic acids is 1. The molecule has 3 rings (SSSR count). The summed E-state index contributed by atoms with van der Waals surface area (Å²) < 4.78 is 1.67. The van der Waals surface area contributed by atoms with Crippen molar-refractivity contribution in [3.8, 4) is 0 Å². The molecule has 1 aromatic carbocycles. The molecule has 24 heavy (non-hydrogen) atoms. The van der Waals surface area contributed by atoms with Crippen molar-refractivity contribution in [2.75, 3.05) is 13.1 Å². The van der Waals surface area contributed by atoms with Gasteiger partial charge in [-0.25, -0.2) is 0 Å². The fourth-order valence-corrected chi connectivity index (χ4v) is 3.30. The minimum Gasteiger partial charge on any atom is -0.481 e. The molecule has 6 heteroatoms. The van der Waals surface area contributed by atoms with Crippen LogP contribution >= 0.6 is 0 Å². The number of aliphatic carboxylic acids is 1. The smallest absolute Gasteiger partial charge is 0.314 e. The van der Waals surface area contributed by atoms with Crippen LogP contribution in [0.15, 0.2) is 36.4 Å². The van der Waals surface area contributed by atoms with Crippen molar-refractivity contribution < 1.29 is 14.7 Å². The highest BCUT2D eigenvalue weighted by atomic mass is 16.4. The Kier molecular flexibility index (Phi) is 4.13. The summed E-state index contributed by atoms with van der Waals surface area (Å²) in [4.78, 5) is 26.2. The zero-order valence-corrected chi connectivity index (χ0v) is 13.9. The fourth-order valence-electron chi connectivity index (χ4n) is 3.30. The van der Waals surface area contributed by atoms with Gasteiger partial charge in [0.2, 0.25) is 0 Å². The maximum absolute atomic E-state index is 12.6. The maximum atomic E-state index is 12.6. The van der Waals surface area contributed by atoms with Crippen molar-refractivity contribution in [1.29, 1.82) is 0 Å². The van der Waals surface area contributed by atoms with Crippen molar-refractivity contribution in [2.45, 2.75) is 25.2 Å². The van der Waals surface area contributed by atoms with E-state index in [1.165, 1.54) is 0 Å². The molecule has 1 saturated heterocycles. The van der Waals surface area contributed by atoms with Gasteiger partial charge >= 0.3 is 5.97 Å². The van der Waals surface area contributed by atoms with Crippen LogP contribution in [-0.2, 0) is 17.3 Å². The Morgan fingerprint density at radius 2 is 1.79 bits per heavy atom. The van der Waals surface area contributed by atoms with Gasteiger partial charge in [-0.2, -0.15) is 5.10 Å². The summed E-state index contributed by atoms with van der Waals surface area (Å²) in [6.45, 7) is 2.72. The Hall–Kier alpha value is -2.63. The molecule has 0 atom stereocenters. The highest BCUT2D eigenvalue weighted by molar-refractivity contribution is 5.93. The molecule has 1 aliphatic rings. The number of carboxylic acids is 1. The van der Waals surface area contributed by atoms with Gasteiger partial charge in [0.05, 0.1) is 5.41 Å². The number of amides is 1. The van der Waals surface area contributed by atoms with Gasteiger partial charge in [0.25, 0.3) is 5.91 Å². The molecule has 1 N–H and O–H groups in total. The topological polar surface area (TPSA) is 75.4 Å². The Morgan fingerprint density at radius 3 is 2.29 bits per heavy atom. The molecular formula is C18H21N3O3. The standard InChI is InChI=1S/C18H21N3O3/c1-13-12-15(19-20(13)2)16(22)21-10-8-18(9-11-21,17(23)24)14-6-4-3-5-7-14/h3-7,12H,8-11H2,1-2H3,(H,23,24). The minimum atomic E-state index is -0.919. The first-order valence-electron chi connectivity index (χ1n) is 8.03. The number of aromatic nitrogens is 2. The SMILES string of the molecule is Cc1cc(C(=O)N2CCC(C(=O)O)(c3ccccc3)CC2)nn1C. The summed E-state index contributed by atoms with van der Waals surface area (Å²) >= 11 is 0. The van der Waals surface area contributed by atoms with Gasteiger partial charge in [-0.15, -0.1) is 0 Å². The summed E-state index contributed by atoms with van der Waals surface area (Å²) in [5.41, 5.74) is 1.22. The van der Waals surface area contributed by atoms with Gasteiger partial charge in [-0.05, 0) is 31.4 Å². The molecule has 2 aromatic rings. The number of piperidine rings is 1. The number of carboxylic acid groups (broad SMARTS) is 1. The average molecular weight is 327 g/mol. The van der Waals surface area contributed by atoms with E-state index in [1.807, 2.05) is 37.3 Å². The van der Waals surface area contributed by atoms with Crippen LogP contribution in [0.2, 0.25) is 0 Å². The summed E-state index contributed by atoms with van der Waals surface area (Å²) in [7, 11) is 1.80. The molecule has 0 unspecified atom stereocenters. The summed E-state index contributed by atoms with van der Waals surface area (Å²) in [6.07, 6.45) is 0.813. The number of benzene rings is 1. The predicted molar refractivity (Wildman–Crippen MR) is 88.8 cm³/mol. The monoisotopic (exact) mass is 327 g/mol. The lowest BCUT2D eigenvalue weighted by atomic mass is 9.73. The number of aryl methyl sites for hydroxylation is 2. The van der Waals surface area contributed by atoms with Gasteiger partial charge < -0.3 is 10.0 Å². The van der Waals surface area contributed by atoms with E-state index >= 15 is 0 Å². The summed E-state index contributed by atoms with van der Waals surface area (Å²) in [6, 6.07) is 11.1. The summed E-state index contributed by atoms with van der Waals surface area (Å²) in [5.74, 6) is -0.958. The van der Waals surface area contributed by atoms with Gasteiger partial charge in [0, 0.05) is 25.8 Å². The van der Waals surface area contributed by atoms with Crippen molar-refractivity contribution in [3.63, 3.8) is 0 Å². The highest BCUT2D eigenvalue weighted by Crippen LogP contribution is 2.36. The molecule has 0 saturated carbocycles. The fraction of sp³-hybridized carbons (Fsp3) is 0.389. The zero-order chi connectivity index (χ0) is 17.3. The molecule has 1 fully saturated rings. The van der Waals surface area contributed by atoms with Crippen molar-refractivity contribution in [2.24, 2.45) is 7.05 Å². The molecular weight excluding hydrogens is 306 g/mol. The minimum absolute atomic E-state index is 0.134. The highest BCUT2D eigenvalue weighted by Gasteiger charge is 2.44. The van der Waals surface area contributed by atoms with E-state index in [0.29, 0.717) is 31.6 Å². The van der Waals surface area contributed by atoms with Crippen LogP contribution in [0.25, 0.3) is 0 Å². The molecule has 0 spiro atoms. The average Bonchev–Trinajstić information content (AvgIpc) is 2.94. The molecule has 1 aromatic heterocycles. The number of rotatable bonds is 3. The first-order valence-corrected chi connectivity index (χ1v) is 8.03. The lowest BCUT2D eigenvalue weighted by molar-refractivity contribution is -0.145. The van der Waals surface area contributed by atoms with Gasteiger partial charge in [-0.3, -0.25) is 14.3 Å². The van der Waals surface area contributed by atoms with Gasteiger partial charge in [0.15, 0.2) is 5.69 Å². The molecule has 6 nitrogen and oxygen atoms in total. The van der Waals surface area contributed by atoms with E-state index in [0.717, 1.165) is 11.3 Å². The third-order valence-corrected chi connectivity index (χ3v) is 4.97. The second-order valence-corrected chi connectivity index (χ2v) is 6.34. The molecule has 0 aliphatic carbocycles. The van der Waals surface area contributed by atoms with Crippen LogP contribution in [0.5, 0.6) is 0 Å². The lowest BCUT2D eigenvalue weighted by Gasteiger charge is -2.39. The molecule has 1 amide bonds. The Bertz CT molecular complexity index is 740. The van der Waals surface area contributed by atoms with E-state index in [2.05, 4.69) is 5.10 Å². The number of likely N-dealkylation sites (tertiary alicyclic amines) is 1. The summed E-state index contributed by atoms with van der Waals surface area (Å²) in [5, 5.41) is 14.0. The Morgan fingerprint density at radius 1 is 1.17 bits per heavy atom. The van der Waals surface area contributed by atoms with Crippen molar-refractivity contribution in [3.05, 3.63) is 53.3 Å². The van der Waals surface area contributed by atoms with Gasteiger partial charge in [0.1, 0.15) is 0 Å². The van der Waals surface area contributed by atoms with Gasteiger partial charge in [-0.1, -0.05) is 30.3 Å².